The van der Waals surface area contributed by atoms with E-state index >= 15 is 0 Å². The van der Waals surface area contributed by atoms with Crippen molar-refractivity contribution >= 4 is 28.5 Å². The van der Waals surface area contributed by atoms with Crippen molar-refractivity contribution in [1.82, 2.24) is 5.32 Å². The molecule has 1 N–H and O–H groups in total. The molecule has 0 fully saturated rings. The van der Waals surface area contributed by atoms with E-state index < -0.39 is 0 Å². The number of rotatable bonds is 4. The Kier molecular flexibility index (Phi) is 5.11. The van der Waals surface area contributed by atoms with Crippen LogP contribution in [0.4, 0.5) is 4.39 Å². The Morgan fingerprint density at radius 1 is 1.25 bits per heavy atom. The zero-order chi connectivity index (χ0) is 14.5. The average molecular weight is 383 g/mol. The Hall–Kier alpha value is -1.43. The monoisotopic (exact) mass is 383 g/mol. The van der Waals surface area contributed by atoms with E-state index in [4.69, 9.17) is 0 Å². The lowest BCUT2D eigenvalue weighted by Crippen LogP contribution is -2.27. The van der Waals surface area contributed by atoms with Crippen LogP contribution >= 0.6 is 22.6 Å². The van der Waals surface area contributed by atoms with E-state index in [1.165, 1.54) is 12.1 Å². The quantitative estimate of drug-likeness (QED) is 0.796. The first-order chi connectivity index (χ1) is 9.56. The molecule has 2 nitrogen and oxygen atoms in total. The molecule has 0 saturated carbocycles. The van der Waals surface area contributed by atoms with Crippen LogP contribution in [0, 0.1) is 9.39 Å². The van der Waals surface area contributed by atoms with Gasteiger partial charge in [-0.25, -0.2) is 4.39 Å². The lowest BCUT2D eigenvalue weighted by Gasteiger charge is -2.13. The summed E-state index contributed by atoms with van der Waals surface area (Å²) in [5.41, 5.74) is 1.66. The number of halogens is 2. The number of carbonyl (C=O) groups is 1. The molecule has 0 bridgehead atoms. The molecule has 0 saturated heterocycles. The van der Waals surface area contributed by atoms with Crippen LogP contribution in [0.15, 0.2) is 48.5 Å². The molecule has 0 aliphatic carbocycles. The van der Waals surface area contributed by atoms with E-state index in [-0.39, 0.29) is 17.6 Å². The predicted molar refractivity (Wildman–Crippen MR) is 86.3 cm³/mol. The molecule has 20 heavy (non-hydrogen) atoms. The fourth-order valence-corrected chi connectivity index (χ4v) is 2.43. The van der Waals surface area contributed by atoms with Crippen molar-refractivity contribution in [1.29, 1.82) is 0 Å². The maximum atomic E-state index is 12.9. The van der Waals surface area contributed by atoms with Gasteiger partial charge in [-0.05, 0) is 64.4 Å². The molecule has 1 atom stereocenters. The molecule has 0 heterocycles. The molecular weight excluding hydrogens is 368 g/mol. The molecular formula is C16H15FINO. The number of hydrogen-bond donors (Lipinski definition) is 1. The standard InChI is InChI=1S/C16H15FINO/c1-11(12-5-7-14(17)8-6-12)10-19-16(20)13-3-2-4-15(18)9-13/h2-9,11H,10H2,1H3,(H,19,20). The molecule has 2 aromatic carbocycles. The van der Waals surface area contributed by atoms with Crippen LogP contribution in [-0.4, -0.2) is 12.5 Å². The number of carbonyl (C=O) groups excluding carboxylic acids is 1. The van der Waals surface area contributed by atoms with Gasteiger partial charge in [-0.2, -0.15) is 0 Å². The fraction of sp³-hybridized carbons (Fsp3) is 0.188. The Morgan fingerprint density at radius 2 is 1.95 bits per heavy atom. The van der Waals surface area contributed by atoms with E-state index in [0.717, 1.165) is 9.13 Å². The zero-order valence-corrected chi connectivity index (χ0v) is 13.2. The van der Waals surface area contributed by atoms with Crippen LogP contribution < -0.4 is 5.32 Å². The number of benzene rings is 2. The lowest BCUT2D eigenvalue weighted by molar-refractivity contribution is 0.0951. The van der Waals surface area contributed by atoms with Gasteiger partial charge < -0.3 is 5.32 Å². The normalized spacial score (nSPS) is 11.9. The zero-order valence-electron chi connectivity index (χ0n) is 11.1. The summed E-state index contributed by atoms with van der Waals surface area (Å²) in [6.45, 7) is 2.53. The summed E-state index contributed by atoms with van der Waals surface area (Å²) in [7, 11) is 0. The van der Waals surface area contributed by atoms with Gasteiger partial charge in [0.25, 0.3) is 5.91 Å². The van der Waals surface area contributed by atoms with Gasteiger partial charge in [0.05, 0.1) is 0 Å². The molecule has 2 aromatic rings. The van der Waals surface area contributed by atoms with Crippen LogP contribution in [0.1, 0.15) is 28.8 Å². The largest absolute Gasteiger partial charge is 0.351 e. The van der Waals surface area contributed by atoms with Crippen LogP contribution in [0.5, 0.6) is 0 Å². The SMILES string of the molecule is CC(CNC(=O)c1cccc(I)c1)c1ccc(F)cc1. The van der Waals surface area contributed by atoms with Crippen LogP contribution in [0.3, 0.4) is 0 Å². The minimum Gasteiger partial charge on any atom is -0.351 e. The molecule has 0 aliphatic rings. The number of amides is 1. The maximum Gasteiger partial charge on any atom is 0.251 e. The Balaban J connectivity index is 1.94. The highest BCUT2D eigenvalue weighted by Gasteiger charge is 2.09. The van der Waals surface area contributed by atoms with E-state index in [1.807, 2.05) is 25.1 Å². The highest BCUT2D eigenvalue weighted by Crippen LogP contribution is 2.15. The predicted octanol–water partition coefficient (Wildman–Crippen LogP) is 3.96. The highest BCUT2D eigenvalue weighted by molar-refractivity contribution is 14.1. The third kappa shape index (κ3) is 4.03. The van der Waals surface area contributed by atoms with Gasteiger partial charge in [-0.1, -0.05) is 25.1 Å². The number of hydrogen-bond acceptors (Lipinski definition) is 1. The first-order valence-corrected chi connectivity index (χ1v) is 7.43. The van der Waals surface area contributed by atoms with Crippen LogP contribution in [0.2, 0.25) is 0 Å². The van der Waals surface area contributed by atoms with E-state index in [0.29, 0.717) is 12.1 Å². The number of nitrogens with one attached hydrogen (secondary N) is 1. The summed E-state index contributed by atoms with van der Waals surface area (Å²) < 4.78 is 13.9. The maximum absolute atomic E-state index is 12.9. The van der Waals surface area contributed by atoms with Gasteiger partial charge >= 0.3 is 0 Å². The van der Waals surface area contributed by atoms with Crippen LogP contribution in [0.25, 0.3) is 0 Å². The Bertz CT molecular complexity index is 598. The summed E-state index contributed by atoms with van der Waals surface area (Å²) in [6.07, 6.45) is 0. The second-order valence-corrected chi connectivity index (χ2v) is 5.92. The second kappa shape index (κ2) is 6.83. The highest BCUT2D eigenvalue weighted by atomic mass is 127. The van der Waals surface area contributed by atoms with Gasteiger partial charge in [0.15, 0.2) is 0 Å². The minimum atomic E-state index is -0.246. The Labute approximate surface area is 131 Å². The van der Waals surface area contributed by atoms with Gasteiger partial charge in [0, 0.05) is 15.7 Å². The van der Waals surface area contributed by atoms with Crippen molar-refractivity contribution < 1.29 is 9.18 Å². The summed E-state index contributed by atoms with van der Waals surface area (Å²) in [6, 6.07) is 13.8. The first-order valence-electron chi connectivity index (χ1n) is 6.35. The Morgan fingerprint density at radius 3 is 2.60 bits per heavy atom. The van der Waals surface area contributed by atoms with Gasteiger partial charge in [-0.3, -0.25) is 4.79 Å². The minimum absolute atomic E-state index is 0.0857. The van der Waals surface area contributed by atoms with Gasteiger partial charge in [0.2, 0.25) is 0 Å². The molecule has 4 heteroatoms. The van der Waals surface area contributed by atoms with E-state index in [9.17, 15) is 9.18 Å². The van der Waals surface area contributed by atoms with Crippen molar-refractivity contribution in [2.24, 2.45) is 0 Å². The fourth-order valence-electron chi connectivity index (χ4n) is 1.89. The molecule has 104 valence electrons. The smallest absolute Gasteiger partial charge is 0.251 e. The first kappa shape index (κ1) is 15.0. The molecule has 2 rings (SSSR count). The topological polar surface area (TPSA) is 29.1 Å². The van der Waals surface area contributed by atoms with Crippen molar-refractivity contribution in [3.8, 4) is 0 Å². The van der Waals surface area contributed by atoms with Crippen molar-refractivity contribution in [2.75, 3.05) is 6.54 Å². The summed E-state index contributed by atoms with van der Waals surface area (Å²) in [5.74, 6) is -0.191. The molecule has 0 aromatic heterocycles. The third-order valence-corrected chi connectivity index (χ3v) is 3.77. The lowest BCUT2D eigenvalue weighted by atomic mass is 10.0. The summed E-state index contributed by atoms with van der Waals surface area (Å²) in [5, 5.41) is 2.90. The third-order valence-electron chi connectivity index (χ3n) is 3.09. The van der Waals surface area contributed by atoms with Crippen LogP contribution in [-0.2, 0) is 0 Å². The van der Waals surface area contributed by atoms with Crippen molar-refractivity contribution in [2.45, 2.75) is 12.8 Å². The average Bonchev–Trinajstić information content (AvgIpc) is 2.45. The second-order valence-electron chi connectivity index (χ2n) is 4.67. The summed E-state index contributed by atoms with van der Waals surface area (Å²) in [4.78, 5) is 12.0. The van der Waals surface area contributed by atoms with Crippen molar-refractivity contribution in [3.05, 3.63) is 69.0 Å². The van der Waals surface area contributed by atoms with E-state index in [1.54, 1.807) is 18.2 Å². The van der Waals surface area contributed by atoms with Crippen molar-refractivity contribution in [3.63, 3.8) is 0 Å². The van der Waals surface area contributed by atoms with Gasteiger partial charge in [-0.15, -0.1) is 0 Å². The molecule has 1 unspecified atom stereocenters. The van der Waals surface area contributed by atoms with E-state index in [2.05, 4.69) is 27.9 Å². The molecule has 0 spiro atoms. The molecule has 0 radical (unpaired) electrons. The summed E-state index contributed by atoms with van der Waals surface area (Å²) >= 11 is 2.18. The molecule has 0 aliphatic heterocycles. The molecule has 1 amide bonds. The van der Waals surface area contributed by atoms with Gasteiger partial charge in [0.1, 0.15) is 5.82 Å².